The number of hydrogen-bond donors (Lipinski definition) is 1. The molecule has 0 fully saturated rings. The minimum Gasteiger partial charge on any atom is -0.496 e. The second-order valence-electron chi connectivity index (χ2n) is 6.51. The van der Waals surface area contributed by atoms with E-state index in [0.717, 1.165) is 11.8 Å². The lowest BCUT2D eigenvalue weighted by Crippen LogP contribution is -2.29. The Morgan fingerprint density at radius 1 is 1.00 bits per heavy atom. The third kappa shape index (κ3) is 4.88. The summed E-state index contributed by atoms with van der Waals surface area (Å²) in [5.74, 6) is 0.634. The van der Waals surface area contributed by atoms with Crippen LogP contribution in [0, 0.1) is 13.8 Å². The average molecular weight is 412 g/mol. The lowest BCUT2D eigenvalue weighted by molar-refractivity contribution is 0.411. The van der Waals surface area contributed by atoms with Crippen LogP contribution in [0.3, 0.4) is 0 Å². The summed E-state index contributed by atoms with van der Waals surface area (Å²) in [5.41, 5.74) is 2.03. The summed E-state index contributed by atoms with van der Waals surface area (Å²) < 4.78 is 57.0. The molecule has 0 saturated heterocycles. The number of sulfone groups is 1. The maximum Gasteiger partial charge on any atom is 0.241 e. The van der Waals surface area contributed by atoms with Gasteiger partial charge in [-0.2, -0.15) is 0 Å². The van der Waals surface area contributed by atoms with Crippen molar-refractivity contribution in [3.05, 3.63) is 53.1 Å². The van der Waals surface area contributed by atoms with Crippen LogP contribution in [0.5, 0.6) is 5.75 Å². The molecule has 0 heterocycles. The summed E-state index contributed by atoms with van der Waals surface area (Å²) in [4.78, 5) is 0.401. The van der Waals surface area contributed by atoms with Crippen LogP contribution in [0.1, 0.15) is 36.1 Å². The second-order valence-corrected chi connectivity index (χ2v) is 10.2. The van der Waals surface area contributed by atoms with E-state index in [1.165, 1.54) is 12.1 Å². The van der Waals surface area contributed by atoms with E-state index in [9.17, 15) is 16.8 Å². The van der Waals surface area contributed by atoms with E-state index in [2.05, 4.69) is 4.72 Å². The van der Waals surface area contributed by atoms with Gasteiger partial charge in [0.15, 0.2) is 9.84 Å². The fraction of sp³-hybridized carbons (Fsp3) is 0.368. The summed E-state index contributed by atoms with van der Waals surface area (Å²) >= 11 is 0. The Morgan fingerprint density at radius 3 is 2.07 bits per heavy atom. The highest BCUT2D eigenvalue weighted by atomic mass is 32.2. The van der Waals surface area contributed by atoms with Crippen molar-refractivity contribution < 1.29 is 21.6 Å². The molecule has 148 valence electrons. The van der Waals surface area contributed by atoms with Gasteiger partial charge in [0, 0.05) is 12.3 Å². The van der Waals surface area contributed by atoms with Crippen LogP contribution in [0.2, 0.25) is 0 Å². The van der Waals surface area contributed by atoms with Crippen LogP contribution >= 0.6 is 0 Å². The number of rotatable bonds is 7. The Labute approximate surface area is 161 Å². The number of ether oxygens (including phenoxy) is 1. The van der Waals surface area contributed by atoms with Crippen molar-refractivity contribution in [1.82, 2.24) is 4.72 Å². The molecule has 0 aliphatic rings. The molecule has 27 heavy (non-hydrogen) atoms. The van der Waals surface area contributed by atoms with E-state index in [1.807, 2.05) is 6.92 Å². The number of sulfonamides is 1. The van der Waals surface area contributed by atoms with Gasteiger partial charge in [0.1, 0.15) is 5.75 Å². The van der Waals surface area contributed by atoms with Gasteiger partial charge in [0.2, 0.25) is 10.0 Å². The minimum atomic E-state index is -3.76. The quantitative estimate of drug-likeness (QED) is 0.756. The molecule has 8 heteroatoms. The lowest BCUT2D eigenvalue weighted by Gasteiger charge is -2.19. The van der Waals surface area contributed by atoms with Crippen molar-refractivity contribution in [2.45, 2.75) is 43.0 Å². The summed E-state index contributed by atoms with van der Waals surface area (Å²) in [5, 5.41) is 0. The smallest absolute Gasteiger partial charge is 0.241 e. The first-order valence-corrected chi connectivity index (χ1v) is 11.8. The zero-order chi connectivity index (χ0) is 20.4. The Hall–Kier alpha value is -1.90. The van der Waals surface area contributed by atoms with Gasteiger partial charge in [0.05, 0.1) is 16.9 Å². The number of aryl methyl sites for hydroxylation is 2. The molecular formula is C19H25NO5S2. The summed E-state index contributed by atoms with van der Waals surface area (Å²) in [7, 11) is -5.51. The van der Waals surface area contributed by atoms with E-state index in [0.29, 0.717) is 23.3 Å². The molecular weight excluding hydrogens is 386 g/mol. The first-order valence-electron chi connectivity index (χ1n) is 8.47. The molecule has 1 atom stereocenters. The molecule has 2 aromatic carbocycles. The minimum absolute atomic E-state index is 0.200. The first-order chi connectivity index (χ1) is 12.5. The number of methoxy groups -OCH3 is 1. The largest absolute Gasteiger partial charge is 0.496 e. The van der Waals surface area contributed by atoms with E-state index >= 15 is 0 Å². The van der Waals surface area contributed by atoms with Crippen molar-refractivity contribution in [1.29, 1.82) is 0 Å². The molecule has 0 aromatic heterocycles. The molecule has 0 saturated carbocycles. The van der Waals surface area contributed by atoms with E-state index < -0.39 is 25.9 Å². The molecule has 0 aliphatic heterocycles. The van der Waals surface area contributed by atoms with Crippen molar-refractivity contribution in [3.63, 3.8) is 0 Å². The standard InChI is InChI=1S/C19H25NO5S2/c1-6-17(15-7-9-16(10-8-15)26(5,21)22)20-27(23,24)19-12-13(2)18(25-4)11-14(19)3/h7-12,17,20H,6H2,1-5H3/t17-/m0/s1. The van der Waals surface area contributed by atoms with Crippen molar-refractivity contribution >= 4 is 19.9 Å². The first kappa shape index (κ1) is 21.4. The number of nitrogens with one attached hydrogen (secondary N) is 1. The highest BCUT2D eigenvalue weighted by Gasteiger charge is 2.23. The number of hydrogen-bond acceptors (Lipinski definition) is 5. The predicted molar refractivity (Wildman–Crippen MR) is 105 cm³/mol. The van der Waals surface area contributed by atoms with E-state index in [-0.39, 0.29) is 9.79 Å². The third-order valence-corrected chi connectivity index (χ3v) is 7.14. The van der Waals surface area contributed by atoms with Gasteiger partial charge >= 0.3 is 0 Å². The molecule has 0 amide bonds. The highest BCUT2D eigenvalue weighted by molar-refractivity contribution is 7.90. The van der Waals surface area contributed by atoms with Crippen molar-refractivity contribution in [2.75, 3.05) is 13.4 Å². The molecule has 2 rings (SSSR count). The zero-order valence-corrected chi connectivity index (χ0v) is 17.7. The Bertz CT molecular complexity index is 1030. The topological polar surface area (TPSA) is 89.5 Å². The molecule has 6 nitrogen and oxygen atoms in total. The lowest BCUT2D eigenvalue weighted by atomic mass is 10.1. The van der Waals surface area contributed by atoms with Gasteiger partial charge in [-0.1, -0.05) is 19.1 Å². The number of benzene rings is 2. The monoisotopic (exact) mass is 411 g/mol. The second kappa shape index (κ2) is 8.00. The van der Waals surface area contributed by atoms with Gasteiger partial charge < -0.3 is 4.74 Å². The SMILES string of the molecule is CC[C@H](NS(=O)(=O)c1cc(C)c(OC)cc1C)c1ccc(S(C)(=O)=O)cc1. The van der Waals surface area contributed by atoms with Gasteiger partial charge in [-0.15, -0.1) is 0 Å². The average Bonchev–Trinajstić information content (AvgIpc) is 2.60. The molecule has 1 N–H and O–H groups in total. The molecule has 2 aromatic rings. The van der Waals surface area contributed by atoms with Gasteiger partial charge in [-0.25, -0.2) is 21.6 Å². The normalized spacial score (nSPS) is 13.4. The van der Waals surface area contributed by atoms with Crippen molar-refractivity contribution in [3.8, 4) is 5.75 Å². The van der Waals surface area contributed by atoms with Gasteiger partial charge in [-0.05, 0) is 61.2 Å². The summed E-state index contributed by atoms with van der Waals surface area (Å²) in [6.07, 6.45) is 1.66. The highest BCUT2D eigenvalue weighted by Crippen LogP contribution is 2.28. The fourth-order valence-electron chi connectivity index (χ4n) is 2.86. The van der Waals surface area contributed by atoms with Crippen LogP contribution in [0.15, 0.2) is 46.2 Å². The van der Waals surface area contributed by atoms with Gasteiger partial charge in [0.25, 0.3) is 0 Å². The zero-order valence-electron chi connectivity index (χ0n) is 16.1. The van der Waals surface area contributed by atoms with E-state index in [4.69, 9.17) is 4.74 Å². The fourth-order valence-corrected chi connectivity index (χ4v) is 5.11. The Balaban J connectivity index is 2.36. The molecule has 0 radical (unpaired) electrons. The third-order valence-electron chi connectivity index (χ3n) is 4.40. The maximum absolute atomic E-state index is 12.9. The summed E-state index contributed by atoms with van der Waals surface area (Å²) in [6.45, 7) is 5.38. The van der Waals surface area contributed by atoms with Crippen LogP contribution in [0.4, 0.5) is 0 Å². The predicted octanol–water partition coefficient (Wildman–Crippen LogP) is 3.15. The van der Waals surface area contributed by atoms with Gasteiger partial charge in [-0.3, -0.25) is 0 Å². The Morgan fingerprint density at radius 2 is 1.59 bits per heavy atom. The van der Waals surface area contributed by atoms with Crippen LogP contribution in [-0.4, -0.2) is 30.2 Å². The molecule has 0 unspecified atom stereocenters. The van der Waals surface area contributed by atoms with Crippen LogP contribution in [-0.2, 0) is 19.9 Å². The van der Waals surface area contributed by atoms with Crippen LogP contribution < -0.4 is 9.46 Å². The van der Waals surface area contributed by atoms with E-state index in [1.54, 1.807) is 45.2 Å². The Kier molecular flexibility index (Phi) is 6.34. The molecule has 0 bridgehead atoms. The summed E-state index contributed by atoms with van der Waals surface area (Å²) in [6, 6.07) is 9.08. The molecule has 0 aliphatic carbocycles. The molecule has 0 spiro atoms. The van der Waals surface area contributed by atoms with Crippen LogP contribution in [0.25, 0.3) is 0 Å². The maximum atomic E-state index is 12.9. The van der Waals surface area contributed by atoms with Crippen molar-refractivity contribution in [2.24, 2.45) is 0 Å².